The van der Waals surface area contributed by atoms with Gasteiger partial charge in [-0.15, -0.1) is 0 Å². The molecule has 6 nitrogen and oxygen atoms in total. The van der Waals surface area contributed by atoms with Crippen molar-refractivity contribution in [1.82, 2.24) is 10.2 Å². The topological polar surface area (TPSA) is 75.7 Å². The van der Waals surface area contributed by atoms with E-state index in [1.807, 2.05) is 0 Å². The molecule has 1 saturated heterocycles. The van der Waals surface area contributed by atoms with Gasteiger partial charge in [-0.3, -0.25) is 14.4 Å². The van der Waals surface area contributed by atoms with Crippen LogP contribution in [0.1, 0.15) is 43.0 Å². The molecule has 7 heteroatoms. The van der Waals surface area contributed by atoms with Crippen LogP contribution < -0.4 is 5.32 Å². The quantitative estimate of drug-likeness (QED) is 0.730. The number of hydrogen-bond donors (Lipinski definition) is 1. The van der Waals surface area contributed by atoms with Gasteiger partial charge in [-0.25, -0.2) is 0 Å². The second-order valence-corrected chi connectivity index (χ2v) is 6.91. The number of carbonyl (C=O) groups excluding carboxylic acids is 3. The summed E-state index contributed by atoms with van der Waals surface area (Å²) >= 11 is 3.29. The summed E-state index contributed by atoms with van der Waals surface area (Å²) in [6.07, 6.45) is 4.02. The number of hydrogen-bond acceptors (Lipinski definition) is 4. The summed E-state index contributed by atoms with van der Waals surface area (Å²) in [5.41, 5.74) is 0.450. The average Bonchev–Trinajstić information content (AvgIpc) is 2.64. The van der Waals surface area contributed by atoms with Gasteiger partial charge >= 0.3 is 5.97 Å². The number of nitrogens with one attached hydrogen (secondary N) is 1. The van der Waals surface area contributed by atoms with E-state index >= 15 is 0 Å². The number of esters is 1. The van der Waals surface area contributed by atoms with Gasteiger partial charge in [0, 0.05) is 22.6 Å². The smallest absolute Gasteiger partial charge is 0.325 e. The van der Waals surface area contributed by atoms with E-state index in [0.717, 1.165) is 36.7 Å². The van der Waals surface area contributed by atoms with Crippen molar-refractivity contribution in [2.45, 2.75) is 38.6 Å². The maximum Gasteiger partial charge on any atom is 0.325 e. The van der Waals surface area contributed by atoms with Gasteiger partial charge in [0.25, 0.3) is 11.8 Å². The van der Waals surface area contributed by atoms with Gasteiger partial charge in [-0.1, -0.05) is 22.9 Å². The third-order valence-corrected chi connectivity index (χ3v) is 4.80. The van der Waals surface area contributed by atoms with E-state index in [2.05, 4.69) is 28.2 Å². The summed E-state index contributed by atoms with van der Waals surface area (Å²) in [6.45, 7) is 2.23. The molecule has 1 N–H and O–H groups in total. The van der Waals surface area contributed by atoms with E-state index < -0.39 is 5.97 Å². The predicted molar refractivity (Wildman–Crippen MR) is 97.1 cm³/mol. The first-order valence-corrected chi connectivity index (χ1v) is 9.29. The molecular weight excluding hydrogens is 388 g/mol. The molecule has 0 unspecified atom stereocenters. The first-order valence-electron chi connectivity index (χ1n) is 8.50. The fraction of sp³-hybridized carbons (Fsp3) is 0.500. The molecule has 1 aromatic carbocycles. The van der Waals surface area contributed by atoms with Gasteiger partial charge < -0.3 is 15.0 Å². The minimum Gasteiger partial charge on any atom is -0.454 e. The Balaban J connectivity index is 1.73. The van der Waals surface area contributed by atoms with Crippen molar-refractivity contribution >= 4 is 33.7 Å². The summed E-state index contributed by atoms with van der Waals surface area (Å²) in [5.74, 6) is -1.15. The second-order valence-electron chi connectivity index (χ2n) is 6.00. The Morgan fingerprint density at radius 2 is 1.96 bits per heavy atom. The summed E-state index contributed by atoms with van der Waals surface area (Å²) in [7, 11) is 0. The summed E-state index contributed by atoms with van der Waals surface area (Å²) in [6, 6.07) is 7.02. The normalized spacial score (nSPS) is 17.0. The molecule has 1 heterocycles. The largest absolute Gasteiger partial charge is 0.454 e. The van der Waals surface area contributed by atoms with Gasteiger partial charge in [-0.05, 0) is 49.9 Å². The third-order valence-electron chi connectivity index (χ3n) is 4.28. The number of piperidine rings is 1. The lowest BCUT2D eigenvalue weighted by Crippen LogP contribution is -2.45. The monoisotopic (exact) mass is 410 g/mol. The van der Waals surface area contributed by atoms with E-state index in [-0.39, 0.29) is 31.0 Å². The van der Waals surface area contributed by atoms with Gasteiger partial charge in [0.1, 0.15) is 6.54 Å². The van der Waals surface area contributed by atoms with Crippen LogP contribution in [0, 0.1) is 0 Å². The highest BCUT2D eigenvalue weighted by atomic mass is 79.9. The van der Waals surface area contributed by atoms with E-state index in [4.69, 9.17) is 4.74 Å². The molecule has 0 spiro atoms. The zero-order valence-electron chi connectivity index (χ0n) is 14.3. The van der Waals surface area contributed by atoms with Crippen molar-refractivity contribution in [3.8, 4) is 0 Å². The summed E-state index contributed by atoms with van der Waals surface area (Å²) in [5, 5.41) is 2.49. The Bertz CT molecular complexity index is 618. The van der Waals surface area contributed by atoms with Crippen molar-refractivity contribution < 1.29 is 19.1 Å². The number of benzene rings is 1. The Kier molecular flexibility index (Phi) is 7.43. The highest BCUT2D eigenvalue weighted by Gasteiger charge is 2.25. The van der Waals surface area contributed by atoms with Gasteiger partial charge in [0.05, 0.1) is 0 Å². The molecule has 0 aliphatic carbocycles. The lowest BCUT2D eigenvalue weighted by Gasteiger charge is -2.35. The molecule has 25 heavy (non-hydrogen) atoms. The molecule has 0 saturated carbocycles. The van der Waals surface area contributed by atoms with E-state index in [1.54, 1.807) is 29.2 Å². The van der Waals surface area contributed by atoms with Crippen LogP contribution in [0.5, 0.6) is 0 Å². The molecular formula is C18H23BrN2O4. The fourth-order valence-electron chi connectivity index (χ4n) is 2.89. The SMILES string of the molecule is CC[C@H]1CCCCN1C(=O)COC(=O)CNC(=O)c1ccc(Br)cc1. The average molecular weight is 411 g/mol. The lowest BCUT2D eigenvalue weighted by molar-refractivity contribution is -0.152. The molecule has 1 aromatic rings. The molecule has 2 amide bonds. The van der Waals surface area contributed by atoms with Crippen LogP contribution in [-0.4, -0.2) is 48.4 Å². The fourth-order valence-corrected chi connectivity index (χ4v) is 3.15. The van der Waals surface area contributed by atoms with Crippen molar-refractivity contribution in [2.75, 3.05) is 19.7 Å². The molecule has 0 aromatic heterocycles. The molecule has 1 aliphatic rings. The molecule has 0 radical (unpaired) electrons. The number of ether oxygens (including phenoxy) is 1. The number of rotatable bonds is 6. The lowest BCUT2D eigenvalue weighted by atomic mass is 10.00. The van der Waals surface area contributed by atoms with Crippen LogP contribution in [0.15, 0.2) is 28.7 Å². The van der Waals surface area contributed by atoms with E-state index in [0.29, 0.717) is 5.56 Å². The van der Waals surface area contributed by atoms with Crippen LogP contribution in [-0.2, 0) is 14.3 Å². The zero-order chi connectivity index (χ0) is 18.2. The molecule has 0 bridgehead atoms. The Labute approximate surface area is 156 Å². The number of carbonyl (C=O) groups is 3. The number of likely N-dealkylation sites (tertiary alicyclic amines) is 1. The standard InChI is InChI=1S/C18H23BrN2O4/c1-2-15-5-3-4-10-21(15)16(22)12-25-17(23)11-20-18(24)13-6-8-14(19)9-7-13/h6-9,15H,2-5,10-12H2,1H3,(H,20,24)/t15-/m0/s1. The van der Waals surface area contributed by atoms with Crippen LogP contribution in [0.25, 0.3) is 0 Å². The molecule has 1 aliphatic heterocycles. The van der Waals surface area contributed by atoms with Crippen molar-refractivity contribution in [3.63, 3.8) is 0 Å². The Morgan fingerprint density at radius 1 is 1.24 bits per heavy atom. The van der Waals surface area contributed by atoms with Crippen LogP contribution in [0.4, 0.5) is 0 Å². The van der Waals surface area contributed by atoms with Crippen molar-refractivity contribution in [1.29, 1.82) is 0 Å². The molecule has 2 rings (SSSR count). The first kappa shape index (κ1) is 19.4. The molecule has 1 fully saturated rings. The van der Waals surface area contributed by atoms with Crippen LogP contribution in [0.2, 0.25) is 0 Å². The second kappa shape index (κ2) is 9.56. The van der Waals surface area contributed by atoms with Gasteiger partial charge in [-0.2, -0.15) is 0 Å². The predicted octanol–water partition coefficient (Wildman–Crippen LogP) is 2.51. The van der Waals surface area contributed by atoms with Gasteiger partial charge in [0.15, 0.2) is 6.61 Å². The highest BCUT2D eigenvalue weighted by Crippen LogP contribution is 2.19. The highest BCUT2D eigenvalue weighted by molar-refractivity contribution is 9.10. The molecule has 1 atom stereocenters. The molecule has 136 valence electrons. The Morgan fingerprint density at radius 3 is 2.64 bits per heavy atom. The number of amides is 2. The van der Waals surface area contributed by atoms with E-state index in [9.17, 15) is 14.4 Å². The minimum atomic E-state index is -0.621. The summed E-state index contributed by atoms with van der Waals surface area (Å²) < 4.78 is 5.87. The Hall–Kier alpha value is -1.89. The third kappa shape index (κ3) is 5.85. The van der Waals surface area contributed by atoms with Gasteiger partial charge in [0.2, 0.25) is 0 Å². The zero-order valence-corrected chi connectivity index (χ0v) is 15.9. The maximum atomic E-state index is 12.2. The number of nitrogens with zero attached hydrogens (tertiary/aromatic N) is 1. The number of halogens is 1. The van der Waals surface area contributed by atoms with E-state index in [1.165, 1.54) is 0 Å². The van der Waals surface area contributed by atoms with Crippen LogP contribution in [0.3, 0.4) is 0 Å². The van der Waals surface area contributed by atoms with Crippen molar-refractivity contribution in [2.24, 2.45) is 0 Å². The first-order chi connectivity index (χ1) is 12.0. The summed E-state index contributed by atoms with van der Waals surface area (Å²) in [4.78, 5) is 37.7. The maximum absolute atomic E-state index is 12.2. The van der Waals surface area contributed by atoms with Crippen LogP contribution >= 0.6 is 15.9 Å². The van der Waals surface area contributed by atoms with Crippen molar-refractivity contribution in [3.05, 3.63) is 34.3 Å². The minimum absolute atomic E-state index is 0.167.